The number of aliphatic hydroxyl groups is 1. The Morgan fingerprint density at radius 1 is 1.47 bits per heavy atom. The van der Waals surface area contributed by atoms with Crippen LogP contribution in [0, 0.1) is 0 Å². The Bertz CT molecular complexity index is 356. The molecule has 0 aromatic carbocycles. The molecular formula is C12H20N2O3. The van der Waals surface area contributed by atoms with Crippen molar-refractivity contribution in [3.8, 4) is 0 Å². The largest absolute Gasteiger partial charge is 0.393 e. The lowest BCUT2D eigenvalue weighted by atomic mass is 10.0. The zero-order valence-electron chi connectivity index (χ0n) is 10.5. The van der Waals surface area contributed by atoms with Crippen LogP contribution in [-0.2, 0) is 16.8 Å². The van der Waals surface area contributed by atoms with Gasteiger partial charge in [-0.05, 0) is 39.5 Å². The van der Waals surface area contributed by atoms with E-state index in [0.29, 0.717) is 24.7 Å². The first-order valence-electron chi connectivity index (χ1n) is 6.31. The fourth-order valence-corrected chi connectivity index (χ4v) is 2.43. The van der Waals surface area contributed by atoms with Gasteiger partial charge in [-0.3, -0.25) is 0 Å². The Labute approximate surface area is 101 Å². The maximum absolute atomic E-state index is 9.29. The lowest BCUT2D eigenvalue weighted by Gasteiger charge is -2.24. The van der Waals surface area contributed by atoms with Crippen molar-refractivity contribution >= 4 is 0 Å². The minimum absolute atomic E-state index is 0.352. The number of hydrogen-bond donors (Lipinski definition) is 1. The van der Waals surface area contributed by atoms with Crippen molar-refractivity contribution in [3.05, 3.63) is 11.7 Å². The summed E-state index contributed by atoms with van der Waals surface area (Å²) in [5, 5.41) is 13.3. The molecule has 0 bridgehead atoms. The minimum atomic E-state index is -0.463. The van der Waals surface area contributed by atoms with Gasteiger partial charge in [0.2, 0.25) is 11.7 Å². The Kier molecular flexibility index (Phi) is 3.79. The quantitative estimate of drug-likeness (QED) is 0.850. The molecule has 1 fully saturated rings. The molecule has 0 radical (unpaired) electrons. The molecule has 5 heteroatoms. The molecule has 1 saturated carbocycles. The Hall–Kier alpha value is -0.940. The smallest absolute Gasteiger partial charge is 0.229 e. The SMILES string of the molecule is CCOC1(c2noc(CC(C)O)n2)CCCC1. The van der Waals surface area contributed by atoms with E-state index in [2.05, 4.69) is 10.1 Å². The van der Waals surface area contributed by atoms with Gasteiger partial charge in [0, 0.05) is 6.61 Å². The normalized spacial score (nSPS) is 20.6. The molecule has 1 aromatic rings. The van der Waals surface area contributed by atoms with Gasteiger partial charge >= 0.3 is 0 Å². The van der Waals surface area contributed by atoms with Crippen LogP contribution in [0.1, 0.15) is 51.2 Å². The van der Waals surface area contributed by atoms with E-state index in [1.807, 2.05) is 6.92 Å². The maximum atomic E-state index is 9.29. The monoisotopic (exact) mass is 240 g/mol. The molecule has 1 heterocycles. The molecule has 5 nitrogen and oxygen atoms in total. The first-order valence-corrected chi connectivity index (χ1v) is 6.31. The summed E-state index contributed by atoms with van der Waals surface area (Å²) in [6.45, 7) is 4.34. The van der Waals surface area contributed by atoms with Crippen LogP contribution < -0.4 is 0 Å². The predicted molar refractivity (Wildman–Crippen MR) is 61.5 cm³/mol. The second-order valence-electron chi connectivity index (χ2n) is 4.70. The summed E-state index contributed by atoms with van der Waals surface area (Å²) in [6.07, 6.45) is 4.12. The molecule has 0 amide bonds. The van der Waals surface area contributed by atoms with Gasteiger partial charge in [-0.2, -0.15) is 4.98 Å². The molecule has 96 valence electrons. The lowest BCUT2D eigenvalue weighted by molar-refractivity contribution is -0.0469. The molecule has 0 spiro atoms. The van der Waals surface area contributed by atoms with E-state index in [1.165, 1.54) is 0 Å². The summed E-state index contributed by atoms with van der Waals surface area (Å²) < 4.78 is 11.0. The van der Waals surface area contributed by atoms with Gasteiger partial charge in [0.05, 0.1) is 12.5 Å². The van der Waals surface area contributed by atoms with Crippen LogP contribution in [0.15, 0.2) is 4.52 Å². The third-order valence-electron chi connectivity index (χ3n) is 3.18. The zero-order valence-corrected chi connectivity index (χ0v) is 10.5. The van der Waals surface area contributed by atoms with Crippen molar-refractivity contribution in [3.63, 3.8) is 0 Å². The average molecular weight is 240 g/mol. The maximum Gasteiger partial charge on any atom is 0.229 e. The highest BCUT2D eigenvalue weighted by Crippen LogP contribution is 2.40. The average Bonchev–Trinajstić information content (AvgIpc) is 2.87. The molecule has 1 N–H and O–H groups in total. The number of hydrogen-bond acceptors (Lipinski definition) is 5. The summed E-state index contributed by atoms with van der Waals surface area (Å²) >= 11 is 0. The summed E-state index contributed by atoms with van der Waals surface area (Å²) in [5.41, 5.74) is -0.352. The standard InChI is InChI=1S/C12H20N2O3/c1-3-16-12(6-4-5-7-12)11-13-10(17-14-11)8-9(2)15/h9,15H,3-8H2,1-2H3. The lowest BCUT2D eigenvalue weighted by Crippen LogP contribution is -2.27. The molecule has 1 atom stereocenters. The van der Waals surface area contributed by atoms with Crippen LogP contribution in [0.25, 0.3) is 0 Å². The van der Waals surface area contributed by atoms with E-state index in [4.69, 9.17) is 9.26 Å². The van der Waals surface area contributed by atoms with Crippen molar-refractivity contribution in [2.45, 2.75) is 57.7 Å². The molecule has 1 unspecified atom stereocenters. The van der Waals surface area contributed by atoms with Gasteiger partial charge in [-0.1, -0.05) is 5.16 Å². The van der Waals surface area contributed by atoms with Crippen LogP contribution in [0.2, 0.25) is 0 Å². The van der Waals surface area contributed by atoms with E-state index in [1.54, 1.807) is 6.92 Å². The molecule has 0 saturated heterocycles. The van der Waals surface area contributed by atoms with E-state index < -0.39 is 6.10 Å². The Morgan fingerprint density at radius 2 is 2.18 bits per heavy atom. The molecule has 2 rings (SSSR count). The van der Waals surface area contributed by atoms with Gasteiger partial charge in [0.1, 0.15) is 5.60 Å². The van der Waals surface area contributed by atoms with Crippen LogP contribution in [0.3, 0.4) is 0 Å². The highest BCUT2D eigenvalue weighted by Gasteiger charge is 2.40. The third-order valence-corrected chi connectivity index (χ3v) is 3.18. The minimum Gasteiger partial charge on any atom is -0.393 e. The predicted octanol–water partition coefficient (Wildman–Crippen LogP) is 1.80. The third kappa shape index (κ3) is 2.66. The first kappa shape index (κ1) is 12.5. The van der Waals surface area contributed by atoms with E-state index in [0.717, 1.165) is 25.7 Å². The van der Waals surface area contributed by atoms with Crippen LogP contribution in [0.4, 0.5) is 0 Å². The van der Waals surface area contributed by atoms with Crippen molar-refractivity contribution < 1.29 is 14.4 Å². The number of aromatic nitrogens is 2. The Balaban J connectivity index is 2.16. The van der Waals surface area contributed by atoms with Crippen molar-refractivity contribution in [2.75, 3.05) is 6.61 Å². The van der Waals surface area contributed by atoms with E-state index in [9.17, 15) is 5.11 Å². The van der Waals surface area contributed by atoms with Gasteiger partial charge < -0.3 is 14.4 Å². The second kappa shape index (κ2) is 5.14. The molecule has 17 heavy (non-hydrogen) atoms. The summed E-state index contributed by atoms with van der Waals surface area (Å²) in [6, 6.07) is 0. The van der Waals surface area contributed by atoms with E-state index >= 15 is 0 Å². The van der Waals surface area contributed by atoms with Gasteiger partial charge in [-0.25, -0.2) is 0 Å². The fourth-order valence-electron chi connectivity index (χ4n) is 2.43. The molecule has 0 aliphatic heterocycles. The van der Waals surface area contributed by atoms with Crippen molar-refractivity contribution in [1.82, 2.24) is 10.1 Å². The first-order chi connectivity index (χ1) is 8.16. The van der Waals surface area contributed by atoms with Crippen molar-refractivity contribution in [1.29, 1.82) is 0 Å². The van der Waals surface area contributed by atoms with Crippen LogP contribution in [0.5, 0.6) is 0 Å². The van der Waals surface area contributed by atoms with Gasteiger partial charge in [-0.15, -0.1) is 0 Å². The summed E-state index contributed by atoms with van der Waals surface area (Å²) in [5.74, 6) is 1.13. The number of ether oxygens (including phenoxy) is 1. The topological polar surface area (TPSA) is 68.4 Å². The summed E-state index contributed by atoms with van der Waals surface area (Å²) in [4.78, 5) is 4.36. The second-order valence-corrected chi connectivity index (χ2v) is 4.70. The molecule has 1 aliphatic rings. The molecule has 1 aliphatic carbocycles. The van der Waals surface area contributed by atoms with Gasteiger partial charge in [0.25, 0.3) is 0 Å². The van der Waals surface area contributed by atoms with Crippen LogP contribution >= 0.6 is 0 Å². The Morgan fingerprint density at radius 3 is 2.76 bits per heavy atom. The fraction of sp³-hybridized carbons (Fsp3) is 0.833. The molecular weight excluding hydrogens is 220 g/mol. The zero-order chi connectivity index (χ0) is 12.3. The number of nitrogens with zero attached hydrogens (tertiary/aromatic N) is 2. The van der Waals surface area contributed by atoms with Crippen LogP contribution in [-0.4, -0.2) is 28.0 Å². The number of aliphatic hydroxyl groups excluding tert-OH is 1. The summed E-state index contributed by atoms with van der Waals surface area (Å²) in [7, 11) is 0. The van der Waals surface area contributed by atoms with Crippen molar-refractivity contribution in [2.24, 2.45) is 0 Å². The number of rotatable bonds is 5. The highest BCUT2D eigenvalue weighted by molar-refractivity contribution is 5.04. The molecule has 1 aromatic heterocycles. The van der Waals surface area contributed by atoms with E-state index in [-0.39, 0.29) is 5.60 Å². The highest BCUT2D eigenvalue weighted by atomic mass is 16.5. The van der Waals surface area contributed by atoms with Gasteiger partial charge in [0.15, 0.2) is 0 Å².